The number of hydrogen-bond acceptors (Lipinski definition) is 5. The second kappa shape index (κ2) is 7.40. The van der Waals surface area contributed by atoms with E-state index in [0.717, 1.165) is 17.8 Å². The highest BCUT2D eigenvalue weighted by Crippen LogP contribution is 2.37. The van der Waals surface area contributed by atoms with Gasteiger partial charge >= 0.3 is 0 Å². The van der Waals surface area contributed by atoms with E-state index >= 15 is 0 Å². The number of hydrogen-bond donors (Lipinski definition) is 1. The lowest BCUT2D eigenvalue weighted by molar-refractivity contribution is -0.113. The molecular weight excluding hydrogens is 336 g/mol. The topological polar surface area (TPSA) is 68.0 Å². The molecule has 0 radical (unpaired) electrons. The highest BCUT2D eigenvalue weighted by atomic mass is 32.2. The Morgan fingerprint density at radius 1 is 1.38 bits per heavy atom. The molecular formula is C16H19F2N3O2S. The van der Waals surface area contributed by atoms with Crippen LogP contribution in [0.4, 0.5) is 8.78 Å². The molecule has 2 aromatic rings. The van der Waals surface area contributed by atoms with Crippen molar-refractivity contribution in [1.82, 2.24) is 14.8 Å². The maximum atomic E-state index is 14.3. The smallest absolute Gasteiger partial charge is 0.191 e. The fourth-order valence-corrected chi connectivity index (χ4v) is 3.26. The standard InChI is InChI=1S/C16H19F2N3O2S/c1-10(2)15(22)24-11(3)16(23,7-21-9-19-8-20-21)13-5-4-12(17)6-14(13)18/h4-6,8-11,23H,7H2,1-3H3/t11-,16-/m1/s1. The summed E-state index contributed by atoms with van der Waals surface area (Å²) in [5.41, 5.74) is -1.85. The first kappa shape index (κ1) is 18.5. The van der Waals surface area contributed by atoms with Gasteiger partial charge in [-0.25, -0.2) is 18.4 Å². The van der Waals surface area contributed by atoms with E-state index in [1.165, 1.54) is 23.4 Å². The normalized spacial score (nSPS) is 15.3. The Labute approximate surface area is 143 Å². The predicted molar refractivity (Wildman–Crippen MR) is 87.2 cm³/mol. The zero-order valence-electron chi connectivity index (χ0n) is 13.6. The lowest BCUT2D eigenvalue weighted by Gasteiger charge is -2.34. The van der Waals surface area contributed by atoms with Gasteiger partial charge in [0.1, 0.15) is 29.9 Å². The summed E-state index contributed by atoms with van der Waals surface area (Å²) in [5.74, 6) is -1.84. The highest BCUT2D eigenvalue weighted by molar-refractivity contribution is 8.14. The molecule has 0 bridgehead atoms. The van der Waals surface area contributed by atoms with Crippen molar-refractivity contribution in [3.8, 4) is 0 Å². The van der Waals surface area contributed by atoms with Crippen LogP contribution >= 0.6 is 11.8 Å². The number of nitrogens with zero attached hydrogens (tertiary/aromatic N) is 3. The van der Waals surface area contributed by atoms with Gasteiger partial charge in [-0.05, 0) is 13.0 Å². The number of rotatable bonds is 6. The van der Waals surface area contributed by atoms with Crippen LogP contribution in [0.2, 0.25) is 0 Å². The Hall–Kier alpha value is -1.80. The van der Waals surface area contributed by atoms with Crippen molar-refractivity contribution < 1.29 is 18.7 Å². The average Bonchev–Trinajstić information content (AvgIpc) is 2.99. The highest BCUT2D eigenvalue weighted by Gasteiger charge is 2.40. The lowest BCUT2D eigenvalue weighted by atomic mass is 9.90. The van der Waals surface area contributed by atoms with E-state index in [4.69, 9.17) is 0 Å². The molecule has 0 saturated carbocycles. The Morgan fingerprint density at radius 3 is 2.62 bits per heavy atom. The van der Waals surface area contributed by atoms with Crippen molar-refractivity contribution in [2.24, 2.45) is 5.92 Å². The van der Waals surface area contributed by atoms with Gasteiger partial charge in [0.15, 0.2) is 5.12 Å². The van der Waals surface area contributed by atoms with Gasteiger partial charge in [-0.3, -0.25) is 4.79 Å². The first-order valence-electron chi connectivity index (χ1n) is 7.45. The Balaban J connectivity index is 2.42. The summed E-state index contributed by atoms with van der Waals surface area (Å²) in [6.45, 7) is 5.01. The van der Waals surface area contributed by atoms with E-state index in [-0.39, 0.29) is 23.1 Å². The van der Waals surface area contributed by atoms with Gasteiger partial charge in [-0.15, -0.1) is 0 Å². The van der Waals surface area contributed by atoms with E-state index in [1.807, 2.05) is 0 Å². The van der Waals surface area contributed by atoms with E-state index in [1.54, 1.807) is 20.8 Å². The Bertz CT molecular complexity index is 709. The number of aliphatic hydroxyl groups is 1. The number of carbonyl (C=O) groups is 1. The van der Waals surface area contributed by atoms with Crippen LogP contribution in [0.3, 0.4) is 0 Å². The van der Waals surface area contributed by atoms with Gasteiger partial charge in [0.25, 0.3) is 0 Å². The Kier molecular flexibility index (Phi) is 5.71. The summed E-state index contributed by atoms with van der Waals surface area (Å²) in [4.78, 5) is 15.8. The molecule has 24 heavy (non-hydrogen) atoms. The predicted octanol–water partition coefficient (Wildman–Crippen LogP) is 2.75. The third-order valence-corrected chi connectivity index (χ3v) is 5.15. The quantitative estimate of drug-likeness (QED) is 0.863. The summed E-state index contributed by atoms with van der Waals surface area (Å²) < 4.78 is 28.9. The van der Waals surface area contributed by atoms with Crippen LogP contribution in [-0.2, 0) is 16.9 Å². The molecule has 0 aliphatic carbocycles. The molecule has 0 spiro atoms. The second-order valence-corrected chi connectivity index (χ2v) is 7.22. The van der Waals surface area contributed by atoms with Crippen LogP contribution in [0.25, 0.3) is 0 Å². The van der Waals surface area contributed by atoms with Crippen molar-refractivity contribution in [2.45, 2.75) is 38.2 Å². The monoisotopic (exact) mass is 355 g/mol. The summed E-state index contributed by atoms with van der Waals surface area (Å²) in [6.07, 6.45) is 2.67. The molecule has 0 aliphatic heterocycles. The van der Waals surface area contributed by atoms with E-state index in [9.17, 15) is 18.7 Å². The van der Waals surface area contributed by atoms with Crippen LogP contribution < -0.4 is 0 Å². The van der Waals surface area contributed by atoms with Gasteiger partial charge in [-0.2, -0.15) is 5.10 Å². The van der Waals surface area contributed by atoms with Crippen LogP contribution in [0.5, 0.6) is 0 Å². The van der Waals surface area contributed by atoms with Crippen molar-refractivity contribution in [3.63, 3.8) is 0 Å². The maximum absolute atomic E-state index is 14.3. The molecule has 0 aliphatic rings. The summed E-state index contributed by atoms with van der Waals surface area (Å²) in [6, 6.07) is 2.98. The molecule has 0 amide bonds. The first-order chi connectivity index (χ1) is 11.2. The minimum atomic E-state index is -1.76. The van der Waals surface area contributed by atoms with E-state index in [0.29, 0.717) is 6.07 Å². The molecule has 0 unspecified atom stereocenters. The number of thioether (sulfide) groups is 1. The largest absolute Gasteiger partial charge is 0.382 e. The molecule has 0 saturated heterocycles. The second-order valence-electron chi connectivity index (χ2n) is 5.88. The summed E-state index contributed by atoms with van der Waals surface area (Å²) in [7, 11) is 0. The minimum absolute atomic E-state index is 0.0871. The molecule has 5 nitrogen and oxygen atoms in total. The van der Waals surface area contributed by atoms with Gasteiger partial charge in [0.2, 0.25) is 0 Å². The molecule has 130 valence electrons. The molecule has 1 heterocycles. The van der Waals surface area contributed by atoms with Crippen molar-refractivity contribution in [2.75, 3.05) is 0 Å². The number of benzene rings is 1. The Morgan fingerprint density at radius 2 is 2.08 bits per heavy atom. The summed E-state index contributed by atoms with van der Waals surface area (Å²) >= 11 is 0.933. The molecule has 2 rings (SSSR count). The molecule has 2 atom stereocenters. The zero-order valence-corrected chi connectivity index (χ0v) is 14.4. The number of aromatic nitrogens is 3. The van der Waals surface area contributed by atoms with Crippen LogP contribution in [-0.4, -0.2) is 30.2 Å². The number of carbonyl (C=O) groups excluding carboxylic acids is 1. The van der Waals surface area contributed by atoms with Crippen LogP contribution in [0.15, 0.2) is 30.9 Å². The van der Waals surface area contributed by atoms with Gasteiger partial charge in [0.05, 0.1) is 6.54 Å². The molecule has 0 fully saturated rings. The van der Waals surface area contributed by atoms with Gasteiger partial charge < -0.3 is 5.11 Å². The van der Waals surface area contributed by atoms with Crippen molar-refractivity contribution in [3.05, 3.63) is 48.1 Å². The minimum Gasteiger partial charge on any atom is -0.382 e. The molecule has 1 aromatic carbocycles. The summed E-state index contributed by atoms with van der Waals surface area (Å²) in [5, 5.41) is 14.3. The van der Waals surface area contributed by atoms with Crippen LogP contribution in [0.1, 0.15) is 26.3 Å². The maximum Gasteiger partial charge on any atom is 0.191 e. The first-order valence-corrected chi connectivity index (χ1v) is 8.33. The fraction of sp³-hybridized carbons (Fsp3) is 0.438. The fourth-order valence-electron chi connectivity index (χ4n) is 2.24. The van der Waals surface area contributed by atoms with Gasteiger partial charge in [-0.1, -0.05) is 31.7 Å². The van der Waals surface area contributed by atoms with Crippen molar-refractivity contribution >= 4 is 16.9 Å². The lowest BCUT2D eigenvalue weighted by Crippen LogP contribution is -2.42. The third kappa shape index (κ3) is 3.99. The van der Waals surface area contributed by atoms with E-state index in [2.05, 4.69) is 10.1 Å². The molecule has 8 heteroatoms. The van der Waals surface area contributed by atoms with E-state index < -0.39 is 22.5 Å². The number of halogens is 2. The zero-order chi connectivity index (χ0) is 17.9. The average molecular weight is 355 g/mol. The molecule has 1 N–H and O–H groups in total. The van der Waals surface area contributed by atoms with Crippen LogP contribution in [0, 0.1) is 17.6 Å². The SMILES string of the molecule is CC(C)C(=O)S[C@H](C)[C@](O)(Cn1cncn1)c1ccc(F)cc1F. The van der Waals surface area contributed by atoms with Crippen molar-refractivity contribution in [1.29, 1.82) is 0 Å². The third-order valence-electron chi connectivity index (χ3n) is 3.70. The van der Waals surface area contributed by atoms with Gasteiger partial charge in [0, 0.05) is 22.8 Å². The molecule has 1 aromatic heterocycles.